The van der Waals surface area contributed by atoms with E-state index < -0.39 is 0 Å². The van der Waals surface area contributed by atoms with Crippen LogP contribution in [0.4, 0.5) is 0 Å². The van der Waals surface area contributed by atoms with Gasteiger partial charge in [0.25, 0.3) is 0 Å². The Bertz CT molecular complexity index is 253. The lowest BCUT2D eigenvalue weighted by atomic mass is 10.3. The van der Waals surface area contributed by atoms with Crippen molar-refractivity contribution in [3.63, 3.8) is 0 Å². The second kappa shape index (κ2) is 3.32. The Balaban J connectivity index is 2.91. The van der Waals surface area contributed by atoms with Gasteiger partial charge < -0.3 is 4.79 Å². The number of rotatable bonds is 3. The third kappa shape index (κ3) is 1.67. The van der Waals surface area contributed by atoms with Gasteiger partial charge >= 0.3 is 0 Å². The maximum absolute atomic E-state index is 10.2. The SMILES string of the molecule is CCn1nc(C)cc1CC=O. The first-order valence-electron chi connectivity index (χ1n) is 3.75. The topological polar surface area (TPSA) is 34.9 Å². The molecule has 3 nitrogen and oxygen atoms in total. The van der Waals surface area contributed by atoms with E-state index in [1.807, 2.05) is 24.6 Å². The first-order chi connectivity index (χ1) is 5.27. The summed E-state index contributed by atoms with van der Waals surface area (Å²) in [6, 6.07) is 1.94. The Labute approximate surface area is 66.0 Å². The molecule has 1 aromatic heterocycles. The Morgan fingerprint density at radius 3 is 3.00 bits per heavy atom. The van der Waals surface area contributed by atoms with Crippen LogP contribution in [0.1, 0.15) is 18.3 Å². The van der Waals surface area contributed by atoms with Crippen LogP contribution in [0.15, 0.2) is 6.07 Å². The average molecular weight is 152 g/mol. The summed E-state index contributed by atoms with van der Waals surface area (Å²) >= 11 is 0. The van der Waals surface area contributed by atoms with E-state index >= 15 is 0 Å². The Hall–Kier alpha value is -1.12. The number of nitrogens with zero attached hydrogens (tertiary/aromatic N) is 2. The van der Waals surface area contributed by atoms with Gasteiger partial charge in [-0.2, -0.15) is 5.10 Å². The van der Waals surface area contributed by atoms with Gasteiger partial charge in [0, 0.05) is 18.7 Å². The molecule has 1 rings (SSSR count). The minimum atomic E-state index is 0.467. The third-order valence-electron chi connectivity index (χ3n) is 1.58. The molecule has 1 aromatic rings. The fourth-order valence-corrected chi connectivity index (χ4v) is 1.12. The van der Waals surface area contributed by atoms with Crippen LogP contribution in [0.5, 0.6) is 0 Å². The summed E-state index contributed by atoms with van der Waals surface area (Å²) < 4.78 is 1.85. The summed E-state index contributed by atoms with van der Waals surface area (Å²) in [5.74, 6) is 0. The lowest BCUT2D eigenvalue weighted by Crippen LogP contribution is -2.02. The summed E-state index contributed by atoms with van der Waals surface area (Å²) in [6.07, 6.45) is 1.37. The van der Waals surface area contributed by atoms with Crippen LogP contribution in [-0.2, 0) is 17.8 Å². The predicted octanol–water partition coefficient (Wildman–Crippen LogP) is 0.953. The molecule has 11 heavy (non-hydrogen) atoms. The lowest BCUT2D eigenvalue weighted by Gasteiger charge is -1.98. The first kappa shape index (κ1) is 7.98. The zero-order valence-corrected chi connectivity index (χ0v) is 6.87. The van der Waals surface area contributed by atoms with E-state index in [-0.39, 0.29) is 0 Å². The van der Waals surface area contributed by atoms with E-state index in [4.69, 9.17) is 0 Å². The fourth-order valence-electron chi connectivity index (χ4n) is 1.12. The number of hydrogen-bond acceptors (Lipinski definition) is 2. The number of aldehydes is 1. The van der Waals surface area contributed by atoms with Gasteiger partial charge in [0.15, 0.2) is 0 Å². The molecule has 0 bridgehead atoms. The van der Waals surface area contributed by atoms with Crippen LogP contribution in [0, 0.1) is 6.92 Å². The van der Waals surface area contributed by atoms with Gasteiger partial charge in [0.05, 0.1) is 5.69 Å². The van der Waals surface area contributed by atoms with E-state index in [2.05, 4.69) is 5.10 Å². The second-order valence-electron chi connectivity index (χ2n) is 2.46. The third-order valence-corrected chi connectivity index (χ3v) is 1.58. The zero-order chi connectivity index (χ0) is 8.27. The molecule has 0 spiro atoms. The van der Waals surface area contributed by atoms with Crippen LogP contribution in [0.3, 0.4) is 0 Å². The quantitative estimate of drug-likeness (QED) is 0.604. The van der Waals surface area contributed by atoms with Crippen molar-refractivity contribution in [2.45, 2.75) is 26.8 Å². The smallest absolute Gasteiger partial charge is 0.125 e. The molecule has 0 aliphatic heterocycles. The highest BCUT2D eigenvalue weighted by Gasteiger charge is 2.01. The summed E-state index contributed by atoms with van der Waals surface area (Å²) in [5, 5.41) is 4.21. The molecule has 0 unspecified atom stereocenters. The van der Waals surface area contributed by atoms with Gasteiger partial charge in [-0.15, -0.1) is 0 Å². The predicted molar refractivity (Wildman–Crippen MR) is 42.4 cm³/mol. The van der Waals surface area contributed by atoms with E-state index in [1.54, 1.807) is 0 Å². The van der Waals surface area contributed by atoms with Crippen molar-refractivity contribution in [3.05, 3.63) is 17.5 Å². The van der Waals surface area contributed by atoms with Gasteiger partial charge in [0.1, 0.15) is 6.29 Å². The summed E-state index contributed by atoms with van der Waals surface area (Å²) in [6.45, 7) is 4.78. The fraction of sp³-hybridized carbons (Fsp3) is 0.500. The largest absolute Gasteiger partial charge is 0.303 e. The van der Waals surface area contributed by atoms with Gasteiger partial charge in [-0.1, -0.05) is 0 Å². The molecule has 0 N–H and O–H groups in total. The molecule has 0 saturated heterocycles. The van der Waals surface area contributed by atoms with Crippen LogP contribution in [0.2, 0.25) is 0 Å². The maximum atomic E-state index is 10.2. The summed E-state index contributed by atoms with van der Waals surface area (Å²) in [5.41, 5.74) is 1.98. The van der Waals surface area contributed by atoms with Crippen molar-refractivity contribution in [2.75, 3.05) is 0 Å². The van der Waals surface area contributed by atoms with Crippen LogP contribution >= 0.6 is 0 Å². The molecule has 0 aliphatic rings. The van der Waals surface area contributed by atoms with Crippen LogP contribution in [0.25, 0.3) is 0 Å². The van der Waals surface area contributed by atoms with Crippen molar-refractivity contribution in [1.82, 2.24) is 9.78 Å². The highest BCUT2D eigenvalue weighted by Crippen LogP contribution is 2.02. The molecule has 0 radical (unpaired) electrons. The second-order valence-corrected chi connectivity index (χ2v) is 2.46. The molecule has 3 heteroatoms. The molecular weight excluding hydrogens is 140 g/mol. The van der Waals surface area contributed by atoms with Gasteiger partial charge in [-0.3, -0.25) is 4.68 Å². The Kier molecular flexibility index (Phi) is 2.41. The maximum Gasteiger partial charge on any atom is 0.125 e. The van der Waals surface area contributed by atoms with Gasteiger partial charge in [0.2, 0.25) is 0 Å². The van der Waals surface area contributed by atoms with Crippen LogP contribution < -0.4 is 0 Å². The zero-order valence-electron chi connectivity index (χ0n) is 6.87. The molecule has 0 aliphatic carbocycles. The van der Waals surface area contributed by atoms with Crippen molar-refractivity contribution < 1.29 is 4.79 Å². The molecule has 0 saturated carbocycles. The van der Waals surface area contributed by atoms with E-state index in [9.17, 15) is 4.79 Å². The van der Waals surface area contributed by atoms with Crippen molar-refractivity contribution in [3.8, 4) is 0 Å². The average Bonchev–Trinajstić information content (AvgIpc) is 2.32. The summed E-state index contributed by atoms with van der Waals surface area (Å²) in [7, 11) is 0. The van der Waals surface area contributed by atoms with Gasteiger partial charge in [-0.05, 0) is 19.9 Å². The van der Waals surface area contributed by atoms with Crippen LogP contribution in [-0.4, -0.2) is 16.1 Å². The molecule has 0 fully saturated rings. The monoisotopic (exact) mass is 152 g/mol. The molecule has 0 atom stereocenters. The molecule has 0 amide bonds. The standard InChI is InChI=1S/C8H12N2O/c1-3-10-8(4-5-11)6-7(2)9-10/h5-6H,3-4H2,1-2H3. The number of carbonyl (C=O) groups excluding carboxylic acids is 1. The lowest BCUT2D eigenvalue weighted by molar-refractivity contribution is -0.107. The number of aryl methyl sites for hydroxylation is 2. The number of aromatic nitrogens is 2. The number of carbonyl (C=O) groups is 1. The van der Waals surface area contributed by atoms with Crippen molar-refractivity contribution in [1.29, 1.82) is 0 Å². The molecule has 1 heterocycles. The first-order valence-corrected chi connectivity index (χ1v) is 3.75. The number of hydrogen-bond donors (Lipinski definition) is 0. The Morgan fingerprint density at radius 1 is 1.73 bits per heavy atom. The summed E-state index contributed by atoms with van der Waals surface area (Å²) in [4.78, 5) is 10.2. The molecule has 0 aromatic carbocycles. The van der Waals surface area contributed by atoms with E-state index in [0.29, 0.717) is 6.42 Å². The minimum absolute atomic E-state index is 0.467. The van der Waals surface area contributed by atoms with E-state index in [1.165, 1.54) is 0 Å². The highest BCUT2D eigenvalue weighted by molar-refractivity contribution is 5.53. The van der Waals surface area contributed by atoms with E-state index in [0.717, 1.165) is 24.2 Å². The molecule has 60 valence electrons. The van der Waals surface area contributed by atoms with Crippen molar-refractivity contribution in [2.24, 2.45) is 0 Å². The minimum Gasteiger partial charge on any atom is -0.303 e. The Morgan fingerprint density at radius 2 is 2.45 bits per heavy atom. The van der Waals surface area contributed by atoms with Gasteiger partial charge in [-0.25, -0.2) is 0 Å². The highest BCUT2D eigenvalue weighted by atomic mass is 16.1. The van der Waals surface area contributed by atoms with Crippen molar-refractivity contribution >= 4 is 6.29 Å². The molecular formula is C8H12N2O. The normalized spacial score (nSPS) is 10.0.